The monoisotopic (exact) mass is 2000 g/mol. The first-order chi connectivity index (χ1) is 65.4. The zero-order valence-corrected chi connectivity index (χ0v) is 87.4. The van der Waals surface area contributed by atoms with Crippen LogP contribution in [0.1, 0.15) is 277 Å². The van der Waals surface area contributed by atoms with Crippen LogP contribution >= 0.6 is 0 Å². The fourth-order valence-corrected chi connectivity index (χ4v) is 16.0. The summed E-state index contributed by atoms with van der Waals surface area (Å²) in [5, 5.41) is 65.9. The molecule has 0 spiro atoms. The third kappa shape index (κ3) is 44.0. The summed E-state index contributed by atoms with van der Waals surface area (Å²) in [4.78, 5) is 316. The lowest BCUT2D eigenvalue weighted by Crippen LogP contribution is -2.61. The van der Waals surface area contributed by atoms with Crippen molar-refractivity contribution < 1.29 is 120 Å². The van der Waals surface area contributed by atoms with Crippen molar-refractivity contribution in [2.75, 3.05) is 13.1 Å². The Hall–Kier alpha value is -12.0. The van der Waals surface area contributed by atoms with Gasteiger partial charge in [0.1, 0.15) is 121 Å². The third-order valence-corrected chi connectivity index (χ3v) is 23.5. The van der Waals surface area contributed by atoms with Crippen LogP contribution in [0.2, 0.25) is 0 Å². The number of nitrogens with one attached hydrogen (secondary N) is 18. The molecule has 20 amide bonds. The van der Waals surface area contributed by atoms with E-state index in [0.717, 1.165) is 0 Å². The van der Waals surface area contributed by atoms with Gasteiger partial charge in [-0.25, -0.2) is 0 Å². The number of hydrogen-bond acceptors (Lipinski definition) is 23. The van der Waals surface area contributed by atoms with E-state index in [1.54, 1.807) is 96.9 Å². The maximum Gasteiger partial charge on any atom is 0.305 e. The van der Waals surface area contributed by atoms with E-state index in [0.29, 0.717) is 12.8 Å². The molecule has 2 heterocycles. The highest BCUT2D eigenvalue weighted by Crippen LogP contribution is 2.25. The molecule has 798 valence electrons. The molecule has 2 aliphatic rings. The molecule has 20 N–H and O–H groups in total. The van der Waals surface area contributed by atoms with E-state index in [-0.39, 0.29) is 119 Å². The minimum absolute atomic E-state index is 0.0207. The maximum absolute atomic E-state index is 14.7. The zero-order valence-electron chi connectivity index (χ0n) is 87.4. The SMILES string of the molecule is CC(=O)N[C@@H](C)C(=O)N[C@@H](C)C(=O)N[C@H](C(=O)N[C@@H](C)C(=O)N[C@@H](CC(C)C)C(=O)N[C@@H](CC(C)C)C(=O)N1CCC[C@H]1C(=O)N[C@@H](C)C(=O)N[C@H](C(=O)N[C@@H](CC(C)C)C(=O)N[C@@H](CC(C)C)C(=O)N[C@@H](C)C(=O)N[C@@H](CC(C)C)C(=O)N[C@@H](CC(C)C)C(=O)N[C@@H](C)C(=O)N1CCC[C@H]1C(=O)N[C@@H](CC(C)C)C(=O)N[C@@H](CCC(=O)O)C(=O)N[C@H](C(=O)N[C@H](C=O)CC(=O)O)C(C)C)C(C)C)C(C)C. The minimum atomic E-state index is -1.60. The predicted octanol–water partition coefficient (Wildman–Crippen LogP) is -0.337. The second kappa shape index (κ2) is 60.3. The lowest BCUT2D eigenvalue weighted by Gasteiger charge is -2.32. The molecule has 0 unspecified atom stereocenters. The molecule has 0 aliphatic carbocycles. The molecule has 141 heavy (non-hydrogen) atoms. The summed E-state index contributed by atoms with van der Waals surface area (Å²) in [6, 6.07) is -25.7. The summed E-state index contributed by atoms with van der Waals surface area (Å²) in [5.74, 6) is -21.6. The van der Waals surface area contributed by atoms with Gasteiger partial charge in [0.15, 0.2) is 0 Å². The van der Waals surface area contributed by atoms with Gasteiger partial charge < -0.3 is 121 Å². The normalized spacial score (nSPS) is 17.5. The van der Waals surface area contributed by atoms with Gasteiger partial charge >= 0.3 is 11.9 Å². The second-order valence-corrected chi connectivity index (χ2v) is 41.3. The highest BCUT2D eigenvalue weighted by molar-refractivity contribution is 6.03. The van der Waals surface area contributed by atoms with Crippen LogP contribution in [0, 0.1) is 59.2 Å². The van der Waals surface area contributed by atoms with E-state index in [9.17, 15) is 120 Å². The van der Waals surface area contributed by atoms with E-state index >= 15 is 0 Å². The van der Waals surface area contributed by atoms with Crippen molar-refractivity contribution in [3.8, 4) is 0 Å². The molecule has 2 saturated heterocycles. The molecular formula is C96H164N20O25. The summed E-state index contributed by atoms with van der Waals surface area (Å²) < 4.78 is 0. The van der Waals surface area contributed by atoms with E-state index in [1.807, 2.05) is 27.7 Å². The molecule has 0 aromatic heterocycles. The van der Waals surface area contributed by atoms with E-state index in [2.05, 4.69) is 95.7 Å². The fraction of sp³-hybridized carbons (Fsp3) is 0.760. The molecule has 2 rings (SSSR count). The van der Waals surface area contributed by atoms with E-state index in [4.69, 9.17) is 0 Å². The standard InChI is InChI=1S/C96H164N20O25/c1-45(2)36-64(84(129)99-56(22)79(124)105-66(38-47(5)6)87(132)108-65(37-46(3)4)85(130)102-60(26)95(140)115-34-28-31-72(115)91(136)109-68(40-49(9)10)86(131)104-63(32-33-73(119)120)83(128)114-76(53(17)18)93(138)103-62(44-117)43-74(121)122)107-88(133)69(41-50(11)12)110-94(139)77(54(19)20)113-82(127)59(25)100-90(135)71-30-29-35-116(71)96(141)70(42-51(13)14)111-89(134)67(39-48(7)8)106-80(125)57(23)101-92(137)75(52(15)16)112-81(126)58(24)98-78(123)55(21)97-61(27)118/h44-60,62-72,75-77H,28-43H2,1-27H3,(H,97,118)(H,98,123)(H,99,129)(H,100,135)(H,101,137)(H,102,130)(H,103,138)(H,104,131)(H,105,124)(H,106,125)(H,107,133)(H,108,132)(H,109,136)(H,110,139)(H,111,134)(H,112,126)(H,113,127)(H,114,128)(H,119,120)(H,121,122)/t55-,56-,57-,58-,59-,60-,62-,63-,64-,65-,66-,67-,68-,69-,70-,71-,72-,75-,76-,77-/m0/s1. The van der Waals surface area contributed by atoms with Crippen molar-refractivity contribution in [3.63, 3.8) is 0 Å². The Morgan fingerprint density at radius 1 is 0.270 bits per heavy atom. The van der Waals surface area contributed by atoms with E-state index < -0.39 is 288 Å². The molecule has 0 aromatic rings. The molecular weight excluding hydrogens is 1830 g/mol. The number of carboxylic acid groups (broad SMARTS) is 2. The van der Waals surface area contributed by atoms with Crippen LogP contribution in [-0.2, 0) is 110 Å². The van der Waals surface area contributed by atoms with E-state index in [1.165, 1.54) is 72.1 Å². The molecule has 0 radical (unpaired) electrons. The summed E-state index contributed by atoms with van der Waals surface area (Å²) in [7, 11) is 0. The lowest BCUT2D eigenvalue weighted by molar-refractivity contribution is -0.143. The van der Waals surface area contributed by atoms with Gasteiger partial charge in [0.2, 0.25) is 118 Å². The number of carbonyl (C=O) groups is 23. The number of nitrogens with zero attached hydrogens (tertiary/aromatic N) is 2. The van der Waals surface area contributed by atoms with Crippen molar-refractivity contribution in [1.29, 1.82) is 0 Å². The number of rotatable bonds is 60. The fourth-order valence-electron chi connectivity index (χ4n) is 16.0. The Labute approximate surface area is 828 Å². The molecule has 0 aromatic carbocycles. The minimum Gasteiger partial charge on any atom is -0.481 e. The van der Waals surface area contributed by atoms with Gasteiger partial charge in [-0.1, -0.05) is 138 Å². The maximum atomic E-state index is 14.7. The van der Waals surface area contributed by atoms with Gasteiger partial charge in [0.25, 0.3) is 0 Å². The molecule has 20 atom stereocenters. The summed E-state index contributed by atoms with van der Waals surface area (Å²) in [6.45, 7) is 44.3. The first-order valence-electron chi connectivity index (χ1n) is 49.4. The Bertz CT molecular complexity index is 4330. The number of carbonyl (C=O) groups excluding carboxylic acids is 21. The Morgan fingerprint density at radius 2 is 0.518 bits per heavy atom. The molecule has 45 heteroatoms. The number of hydrogen-bond donors (Lipinski definition) is 20. The van der Waals surface area contributed by atoms with Crippen molar-refractivity contribution in [3.05, 3.63) is 0 Å². The summed E-state index contributed by atoms with van der Waals surface area (Å²) >= 11 is 0. The third-order valence-electron chi connectivity index (χ3n) is 23.5. The quantitative estimate of drug-likeness (QED) is 0.0347. The number of aliphatic carboxylic acids is 2. The molecule has 45 nitrogen and oxygen atoms in total. The van der Waals surface area contributed by atoms with Crippen LogP contribution in [0.4, 0.5) is 0 Å². The average Bonchev–Trinajstić information content (AvgIpc) is 1.67. The molecule has 2 fully saturated rings. The first-order valence-corrected chi connectivity index (χ1v) is 49.4. The van der Waals surface area contributed by atoms with Crippen LogP contribution in [0.5, 0.6) is 0 Å². The number of aldehydes is 1. The highest BCUT2D eigenvalue weighted by Gasteiger charge is 2.45. The van der Waals surface area contributed by atoms with Gasteiger partial charge in [0, 0.05) is 26.4 Å². The molecule has 2 aliphatic heterocycles. The number of likely N-dealkylation sites (tertiary alicyclic amines) is 2. The van der Waals surface area contributed by atoms with Gasteiger partial charge in [-0.3, -0.25) is 105 Å². The number of amides is 20. The number of carboxylic acids is 2. The Balaban J connectivity index is 2.30. The van der Waals surface area contributed by atoms with Gasteiger partial charge in [-0.05, 0) is 178 Å². The van der Waals surface area contributed by atoms with Crippen molar-refractivity contribution >= 4 is 136 Å². The smallest absolute Gasteiger partial charge is 0.305 e. The van der Waals surface area contributed by atoms with Crippen LogP contribution in [-0.4, -0.2) is 290 Å². The van der Waals surface area contributed by atoms with Crippen LogP contribution in [0.3, 0.4) is 0 Å². The van der Waals surface area contributed by atoms with Crippen LogP contribution in [0.25, 0.3) is 0 Å². The van der Waals surface area contributed by atoms with Crippen LogP contribution < -0.4 is 95.7 Å². The summed E-state index contributed by atoms with van der Waals surface area (Å²) in [5.41, 5.74) is 0. The van der Waals surface area contributed by atoms with Gasteiger partial charge in [0.05, 0.1) is 12.5 Å². The topological polar surface area (TPSA) is 656 Å². The predicted molar refractivity (Wildman–Crippen MR) is 520 cm³/mol. The first kappa shape index (κ1) is 125. The van der Waals surface area contributed by atoms with Gasteiger partial charge in [-0.15, -0.1) is 0 Å². The second-order valence-electron chi connectivity index (χ2n) is 41.3. The zero-order chi connectivity index (χ0) is 108. The van der Waals surface area contributed by atoms with Crippen molar-refractivity contribution in [2.45, 2.75) is 398 Å². The Kier molecular flexibility index (Phi) is 53.5. The lowest BCUT2D eigenvalue weighted by atomic mass is 9.98. The Morgan fingerprint density at radius 3 is 0.865 bits per heavy atom. The largest absolute Gasteiger partial charge is 0.481 e. The molecule has 0 saturated carbocycles. The van der Waals surface area contributed by atoms with Crippen molar-refractivity contribution in [1.82, 2.24) is 106 Å². The average molecular weight is 2000 g/mol. The van der Waals surface area contributed by atoms with Gasteiger partial charge in [-0.2, -0.15) is 0 Å². The van der Waals surface area contributed by atoms with Crippen molar-refractivity contribution in [2.24, 2.45) is 59.2 Å². The highest BCUT2D eigenvalue weighted by atomic mass is 16.4. The molecule has 0 bridgehead atoms. The summed E-state index contributed by atoms with van der Waals surface area (Å²) in [6.07, 6.45) is -0.429. The van der Waals surface area contributed by atoms with Crippen LogP contribution in [0.15, 0.2) is 0 Å².